The summed E-state index contributed by atoms with van der Waals surface area (Å²) in [7, 11) is 0. The summed E-state index contributed by atoms with van der Waals surface area (Å²) in [5, 5.41) is 4.49. The molecule has 1 fully saturated rings. The van der Waals surface area contributed by atoms with E-state index in [9.17, 15) is 0 Å². The molecule has 1 aromatic rings. The molecule has 0 bridgehead atoms. The highest BCUT2D eigenvalue weighted by Gasteiger charge is 2.26. The minimum absolute atomic E-state index is 0.412. The van der Waals surface area contributed by atoms with Gasteiger partial charge in [0, 0.05) is 24.2 Å². The highest BCUT2D eigenvalue weighted by Crippen LogP contribution is 2.25. The summed E-state index contributed by atoms with van der Waals surface area (Å²) >= 11 is 5.94. The van der Waals surface area contributed by atoms with Crippen LogP contribution in [0.15, 0.2) is 24.3 Å². The number of hydrogen-bond donors (Lipinski definition) is 1. The standard InChI is InChI=1S/C16H24ClNO/c1-3-15(12-5-7-14(17)8-6-12)18-11-13-9-10-19-16(13)4-2/h5-8,13,15-16,18H,3-4,9-11H2,1-2H3. The molecule has 3 heteroatoms. The Kier molecular flexibility index (Phi) is 5.68. The van der Waals surface area contributed by atoms with E-state index in [1.165, 1.54) is 12.0 Å². The Bertz CT molecular complexity index is 379. The Morgan fingerprint density at radius 3 is 2.68 bits per heavy atom. The van der Waals surface area contributed by atoms with E-state index in [0.717, 1.165) is 31.0 Å². The second kappa shape index (κ2) is 7.28. The second-order valence-electron chi connectivity index (χ2n) is 5.29. The van der Waals surface area contributed by atoms with Crippen molar-refractivity contribution < 1.29 is 4.74 Å². The second-order valence-corrected chi connectivity index (χ2v) is 5.72. The van der Waals surface area contributed by atoms with Crippen molar-refractivity contribution in [3.63, 3.8) is 0 Å². The number of rotatable bonds is 6. The lowest BCUT2D eigenvalue weighted by molar-refractivity contribution is 0.0865. The Labute approximate surface area is 121 Å². The van der Waals surface area contributed by atoms with Crippen molar-refractivity contribution in [1.82, 2.24) is 5.32 Å². The summed E-state index contributed by atoms with van der Waals surface area (Å²) in [5.74, 6) is 0.659. The molecule has 19 heavy (non-hydrogen) atoms. The molecular weight excluding hydrogens is 258 g/mol. The van der Waals surface area contributed by atoms with Crippen molar-refractivity contribution in [2.24, 2.45) is 5.92 Å². The molecular formula is C16H24ClNO. The Morgan fingerprint density at radius 2 is 2.05 bits per heavy atom. The predicted octanol–water partition coefficient (Wildman–Crippen LogP) is 4.20. The van der Waals surface area contributed by atoms with Crippen molar-refractivity contribution in [2.45, 2.75) is 45.3 Å². The van der Waals surface area contributed by atoms with Gasteiger partial charge in [0.1, 0.15) is 0 Å². The van der Waals surface area contributed by atoms with E-state index in [0.29, 0.717) is 18.1 Å². The van der Waals surface area contributed by atoms with Crippen LogP contribution < -0.4 is 5.32 Å². The number of ether oxygens (including phenoxy) is 1. The third kappa shape index (κ3) is 3.95. The zero-order chi connectivity index (χ0) is 13.7. The molecule has 1 aliphatic heterocycles. The van der Waals surface area contributed by atoms with Crippen molar-refractivity contribution in [3.05, 3.63) is 34.9 Å². The molecule has 1 saturated heterocycles. The van der Waals surface area contributed by atoms with Crippen LogP contribution >= 0.6 is 11.6 Å². The first-order valence-electron chi connectivity index (χ1n) is 7.35. The van der Waals surface area contributed by atoms with Crippen LogP contribution in [0, 0.1) is 5.92 Å². The fourth-order valence-corrected chi connectivity index (χ4v) is 2.99. The summed E-state index contributed by atoms with van der Waals surface area (Å²) in [4.78, 5) is 0. The van der Waals surface area contributed by atoms with E-state index in [2.05, 4.69) is 31.3 Å². The lowest BCUT2D eigenvalue weighted by atomic mass is 9.98. The van der Waals surface area contributed by atoms with E-state index in [4.69, 9.17) is 16.3 Å². The van der Waals surface area contributed by atoms with E-state index < -0.39 is 0 Å². The summed E-state index contributed by atoms with van der Waals surface area (Å²) < 4.78 is 5.74. The lowest BCUT2D eigenvalue weighted by Crippen LogP contribution is -2.31. The Balaban J connectivity index is 1.90. The van der Waals surface area contributed by atoms with Crippen LogP contribution in [0.3, 0.4) is 0 Å². The van der Waals surface area contributed by atoms with Gasteiger partial charge in [-0.05, 0) is 42.9 Å². The average molecular weight is 282 g/mol. The highest BCUT2D eigenvalue weighted by molar-refractivity contribution is 6.30. The van der Waals surface area contributed by atoms with Gasteiger partial charge in [0.15, 0.2) is 0 Å². The lowest BCUT2D eigenvalue weighted by Gasteiger charge is -2.22. The first-order chi connectivity index (χ1) is 9.24. The fourth-order valence-electron chi connectivity index (χ4n) is 2.86. The van der Waals surface area contributed by atoms with Gasteiger partial charge < -0.3 is 10.1 Å². The summed E-state index contributed by atoms with van der Waals surface area (Å²) in [5.41, 5.74) is 1.32. The van der Waals surface area contributed by atoms with Crippen molar-refractivity contribution in [3.8, 4) is 0 Å². The molecule has 1 aromatic carbocycles. The minimum Gasteiger partial charge on any atom is -0.378 e. The minimum atomic E-state index is 0.412. The summed E-state index contributed by atoms with van der Waals surface area (Å²) in [6.07, 6.45) is 3.83. The normalized spacial score (nSPS) is 24.6. The van der Waals surface area contributed by atoms with Crippen molar-refractivity contribution in [2.75, 3.05) is 13.2 Å². The van der Waals surface area contributed by atoms with Crippen LogP contribution in [-0.2, 0) is 4.74 Å². The Morgan fingerprint density at radius 1 is 1.32 bits per heavy atom. The molecule has 0 saturated carbocycles. The number of hydrogen-bond acceptors (Lipinski definition) is 2. The maximum atomic E-state index is 5.94. The maximum Gasteiger partial charge on any atom is 0.0613 e. The third-order valence-corrected chi connectivity index (χ3v) is 4.31. The van der Waals surface area contributed by atoms with E-state index in [-0.39, 0.29) is 0 Å². The Hall–Kier alpha value is -0.570. The van der Waals surface area contributed by atoms with Gasteiger partial charge >= 0.3 is 0 Å². The molecule has 0 aromatic heterocycles. The molecule has 2 nitrogen and oxygen atoms in total. The third-order valence-electron chi connectivity index (χ3n) is 4.06. The first-order valence-corrected chi connectivity index (χ1v) is 7.72. The maximum absolute atomic E-state index is 5.94. The van der Waals surface area contributed by atoms with Gasteiger partial charge in [0.2, 0.25) is 0 Å². The van der Waals surface area contributed by atoms with Crippen LogP contribution in [0.2, 0.25) is 5.02 Å². The van der Waals surface area contributed by atoms with Gasteiger partial charge in [-0.15, -0.1) is 0 Å². The van der Waals surface area contributed by atoms with Crippen molar-refractivity contribution >= 4 is 11.6 Å². The van der Waals surface area contributed by atoms with Crippen LogP contribution in [0.5, 0.6) is 0 Å². The zero-order valence-corrected chi connectivity index (χ0v) is 12.6. The van der Waals surface area contributed by atoms with E-state index in [1.807, 2.05) is 12.1 Å². The molecule has 1 N–H and O–H groups in total. The van der Waals surface area contributed by atoms with Crippen LogP contribution in [0.1, 0.15) is 44.7 Å². The van der Waals surface area contributed by atoms with Crippen molar-refractivity contribution in [1.29, 1.82) is 0 Å². The van der Waals surface area contributed by atoms with Crippen LogP contribution in [0.25, 0.3) is 0 Å². The van der Waals surface area contributed by atoms with Gasteiger partial charge in [0.25, 0.3) is 0 Å². The molecule has 0 amide bonds. The molecule has 0 radical (unpaired) electrons. The van der Waals surface area contributed by atoms with Gasteiger partial charge in [-0.25, -0.2) is 0 Å². The highest BCUT2D eigenvalue weighted by atomic mass is 35.5. The van der Waals surface area contributed by atoms with E-state index in [1.54, 1.807) is 0 Å². The smallest absolute Gasteiger partial charge is 0.0613 e. The topological polar surface area (TPSA) is 21.3 Å². The SMILES string of the molecule is CCC(NCC1CCOC1CC)c1ccc(Cl)cc1. The average Bonchev–Trinajstić information content (AvgIpc) is 2.89. The van der Waals surface area contributed by atoms with Gasteiger partial charge in [-0.2, -0.15) is 0 Å². The van der Waals surface area contributed by atoms with E-state index >= 15 is 0 Å². The number of nitrogens with one attached hydrogen (secondary N) is 1. The van der Waals surface area contributed by atoms with Gasteiger partial charge in [-0.1, -0.05) is 37.6 Å². The molecule has 3 unspecified atom stereocenters. The molecule has 1 aliphatic rings. The molecule has 0 aliphatic carbocycles. The monoisotopic (exact) mass is 281 g/mol. The summed E-state index contributed by atoms with van der Waals surface area (Å²) in [6, 6.07) is 8.58. The molecule has 1 heterocycles. The molecule has 3 atom stereocenters. The zero-order valence-electron chi connectivity index (χ0n) is 11.9. The summed E-state index contributed by atoms with van der Waals surface area (Å²) in [6.45, 7) is 6.39. The predicted molar refractivity (Wildman–Crippen MR) is 80.6 cm³/mol. The largest absolute Gasteiger partial charge is 0.378 e. The van der Waals surface area contributed by atoms with Gasteiger partial charge in [-0.3, -0.25) is 0 Å². The molecule has 0 spiro atoms. The molecule has 2 rings (SSSR count). The van der Waals surface area contributed by atoms with Gasteiger partial charge in [0.05, 0.1) is 6.10 Å². The number of halogens is 1. The quantitative estimate of drug-likeness (QED) is 0.844. The number of benzene rings is 1. The first kappa shape index (κ1) is 14.8. The molecule has 106 valence electrons. The fraction of sp³-hybridized carbons (Fsp3) is 0.625. The van der Waals surface area contributed by atoms with Crippen LogP contribution in [0.4, 0.5) is 0 Å². The van der Waals surface area contributed by atoms with Crippen LogP contribution in [-0.4, -0.2) is 19.3 Å².